The highest BCUT2D eigenvalue weighted by molar-refractivity contribution is 5.42. The van der Waals surface area contributed by atoms with E-state index in [4.69, 9.17) is 15.3 Å². The third-order valence-electron chi connectivity index (χ3n) is 3.06. The predicted molar refractivity (Wildman–Crippen MR) is 73.6 cm³/mol. The second kappa shape index (κ2) is 8.13. The second-order valence-corrected chi connectivity index (χ2v) is 4.50. The van der Waals surface area contributed by atoms with E-state index in [1.807, 2.05) is 26.1 Å². The second-order valence-electron chi connectivity index (χ2n) is 4.50. The van der Waals surface area contributed by atoms with Crippen molar-refractivity contribution in [2.45, 2.75) is 25.8 Å². The molecule has 0 heterocycles. The average molecular weight is 257 g/mol. The molecule has 0 fully saturated rings. The van der Waals surface area contributed by atoms with Gasteiger partial charge >= 0.3 is 0 Å². The lowest BCUT2D eigenvalue weighted by Crippen LogP contribution is -2.30. The van der Waals surface area contributed by atoms with E-state index in [0.29, 0.717) is 24.3 Å². The van der Waals surface area contributed by atoms with Gasteiger partial charge in [0.1, 0.15) is 11.8 Å². The van der Waals surface area contributed by atoms with Crippen LogP contribution >= 0.6 is 0 Å². The van der Waals surface area contributed by atoms with Crippen LogP contribution in [-0.2, 0) is 0 Å². The van der Waals surface area contributed by atoms with Crippen molar-refractivity contribution >= 4 is 0 Å². The van der Waals surface area contributed by atoms with Crippen LogP contribution in [0, 0.1) is 22.7 Å². The topological polar surface area (TPSA) is 60.1 Å². The fourth-order valence-electron chi connectivity index (χ4n) is 1.69. The molecule has 4 nitrogen and oxygen atoms in total. The van der Waals surface area contributed by atoms with E-state index in [2.05, 4.69) is 17.0 Å². The highest BCUT2D eigenvalue weighted by atomic mass is 16.5. The molecule has 0 N–H and O–H groups in total. The lowest BCUT2D eigenvalue weighted by atomic mass is 10.2. The van der Waals surface area contributed by atoms with Crippen LogP contribution in [0.25, 0.3) is 0 Å². The lowest BCUT2D eigenvalue weighted by Gasteiger charge is -2.22. The highest BCUT2D eigenvalue weighted by Crippen LogP contribution is 2.16. The van der Waals surface area contributed by atoms with Crippen molar-refractivity contribution in [3.63, 3.8) is 0 Å². The Morgan fingerprint density at radius 3 is 2.74 bits per heavy atom. The summed E-state index contributed by atoms with van der Waals surface area (Å²) in [5.74, 6) is 0.637. The fraction of sp³-hybridized carbons (Fsp3) is 0.467. The number of hydrogen-bond acceptors (Lipinski definition) is 4. The Kier molecular flexibility index (Phi) is 6.43. The Labute approximate surface area is 114 Å². The predicted octanol–water partition coefficient (Wildman–Crippen LogP) is 2.56. The van der Waals surface area contributed by atoms with E-state index in [9.17, 15) is 0 Å². The van der Waals surface area contributed by atoms with Crippen LogP contribution in [0.2, 0.25) is 0 Å². The Balaban J connectivity index is 2.32. The summed E-state index contributed by atoms with van der Waals surface area (Å²) in [6.45, 7) is 3.48. The highest BCUT2D eigenvalue weighted by Gasteiger charge is 2.08. The first kappa shape index (κ1) is 15.0. The molecule has 1 aromatic carbocycles. The molecular weight excluding hydrogens is 238 g/mol. The van der Waals surface area contributed by atoms with Crippen molar-refractivity contribution in [3.8, 4) is 17.9 Å². The van der Waals surface area contributed by atoms with Crippen LogP contribution in [0.5, 0.6) is 5.75 Å². The van der Waals surface area contributed by atoms with E-state index >= 15 is 0 Å². The van der Waals surface area contributed by atoms with Crippen LogP contribution < -0.4 is 4.74 Å². The molecule has 0 aliphatic carbocycles. The van der Waals surface area contributed by atoms with E-state index in [1.165, 1.54) is 0 Å². The number of rotatable bonds is 7. The molecule has 100 valence electrons. The van der Waals surface area contributed by atoms with Gasteiger partial charge in [-0.15, -0.1) is 0 Å². The van der Waals surface area contributed by atoms with E-state index in [1.54, 1.807) is 12.1 Å². The maximum atomic E-state index is 8.93. The summed E-state index contributed by atoms with van der Waals surface area (Å²) >= 11 is 0. The molecule has 1 rings (SSSR count). The molecule has 0 spiro atoms. The summed E-state index contributed by atoms with van der Waals surface area (Å²) in [4.78, 5) is 2.14. The van der Waals surface area contributed by atoms with Crippen molar-refractivity contribution in [2.24, 2.45) is 0 Å². The van der Waals surface area contributed by atoms with Crippen molar-refractivity contribution in [1.29, 1.82) is 10.5 Å². The first-order valence-corrected chi connectivity index (χ1v) is 6.38. The zero-order chi connectivity index (χ0) is 14.1. The summed E-state index contributed by atoms with van der Waals surface area (Å²) in [6, 6.07) is 11.8. The maximum absolute atomic E-state index is 8.93. The molecule has 1 atom stereocenters. The van der Waals surface area contributed by atoms with Crippen LogP contribution in [0.1, 0.15) is 25.3 Å². The zero-order valence-electron chi connectivity index (χ0n) is 11.5. The van der Waals surface area contributed by atoms with Gasteiger partial charge < -0.3 is 9.64 Å². The molecule has 0 bridgehead atoms. The first-order chi connectivity index (χ1) is 9.19. The molecule has 1 aromatic rings. The van der Waals surface area contributed by atoms with Gasteiger partial charge in [0, 0.05) is 12.6 Å². The van der Waals surface area contributed by atoms with Crippen molar-refractivity contribution in [2.75, 3.05) is 20.2 Å². The van der Waals surface area contributed by atoms with Gasteiger partial charge in [-0.2, -0.15) is 10.5 Å². The normalized spacial score (nSPS) is 11.6. The minimum absolute atomic E-state index is 0.261. The summed E-state index contributed by atoms with van der Waals surface area (Å²) in [5.41, 5.74) is 0.564. The first-order valence-electron chi connectivity index (χ1n) is 6.38. The number of nitrogens with zero attached hydrogens (tertiary/aromatic N) is 3. The van der Waals surface area contributed by atoms with E-state index < -0.39 is 0 Å². The monoisotopic (exact) mass is 257 g/mol. The Bertz CT molecular complexity index is 473. The zero-order valence-corrected chi connectivity index (χ0v) is 11.5. The standard InChI is InChI=1S/C15H19N3O/c1-13(8-9-16)18(2)10-5-11-19-15-7-4-3-6-14(15)12-17/h3-4,6-7,13H,5,8,10-11H2,1-2H3. The molecule has 0 aliphatic heterocycles. The third-order valence-corrected chi connectivity index (χ3v) is 3.06. The maximum Gasteiger partial charge on any atom is 0.137 e. The van der Waals surface area contributed by atoms with Gasteiger partial charge in [-0.05, 0) is 32.5 Å². The summed E-state index contributed by atoms with van der Waals surface area (Å²) < 4.78 is 5.60. The Morgan fingerprint density at radius 2 is 2.05 bits per heavy atom. The molecule has 0 amide bonds. The Hall–Kier alpha value is -2.04. The van der Waals surface area contributed by atoms with Crippen molar-refractivity contribution in [1.82, 2.24) is 4.90 Å². The fourth-order valence-corrected chi connectivity index (χ4v) is 1.69. The van der Waals surface area contributed by atoms with Gasteiger partial charge in [0.05, 0.1) is 24.7 Å². The molecule has 4 heteroatoms. The minimum atomic E-state index is 0.261. The summed E-state index contributed by atoms with van der Waals surface area (Å²) in [6.07, 6.45) is 1.40. The third kappa shape index (κ3) is 4.99. The molecule has 19 heavy (non-hydrogen) atoms. The van der Waals surface area contributed by atoms with E-state index in [0.717, 1.165) is 13.0 Å². The van der Waals surface area contributed by atoms with Gasteiger partial charge in [0.2, 0.25) is 0 Å². The average Bonchev–Trinajstić information content (AvgIpc) is 2.44. The van der Waals surface area contributed by atoms with Gasteiger partial charge in [-0.3, -0.25) is 0 Å². The number of hydrogen-bond donors (Lipinski definition) is 0. The van der Waals surface area contributed by atoms with Crippen LogP contribution in [0.4, 0.5) is 0 Å². The van der Waals surface area contributed by atoms with Crippen LogP contribution in [0.15, 0.2) is 24.3 Å². The lowest BCUT2D eigenvalue weighted by molar-refractivity contribution is 0.226. The summed E-state index contributed by atoms with van der Waals surface area (Å²) in [7, 11) is 2.01. The van der Waals surface area contributed by atoms with Crippen LogP contribution in [-0.4, -0.2) is 31.1 Å². The molecular formula is C15H19N3O. The number of benzene rings is 1. The number of nitriles is 2. The van der Waals surface area contributed by atoms with Gasteiger partial charge in [0.15, 0.2) is 0 Å². The van der Waals surface area contributed by atoms with Gasteiger partial charge in [0.25, 0.3) is 0 Å². The van der Waals surface area contributed by atoms with Gasteiger partial charge in [-0.1, -0.05) is 12.1 Å². The van der Waals surface area contributed by atoms with E-state index in [-0.39, 0.29) is 6.04 Å². The number of ether oxygens (including phenoxy) is 1. The molecule has 1 unspecified atom stereocenters. The van der Waals surface area contributed by atoms with Crippen molar-refractivity contribution < 1.29 is 4.74 Å². The number of para-hydroxylation sites is 1. The molecule has 0 saturated carbocycles. The molecule has 0 aliphatic rings. The smallest absolute Gasteiger partial charge is 0.137 e. The Morgan fingerprint density at radius 1 is 1.32 bits per heavy atom. The quantitative estimate of drug-likeness (QED) is 0.704. The van der Waals surface area contributed by atoms with Crippen molar-refractivity contribution in [3.05, 3.63) is 29.8 Å². The van der Waals surface area contributed by atoms with Gasteiger partial charge in [-0.25, -0.2) is 0 Å². The summed E-state index contributed by atoms with van der Waals surface area (Å²) in [5, 5.41) is 17.6. The largest absolute Gasteiger partial charge is 0.492 e. The molecule has 0 saturated heterocycles. The SMILES string of the molecule is CC(CC#N)N(C)CCCOc1ccccc1C#N. The minimum Gasteiger partial charge on any atom is -0.492 e. The molecule has 0 radical (unpaired) electrons. The molecule has 0 aromatic heterocycles. The van der Waals surface area contributed by atoms with Crippen LogP contribution in [0.3, 0.4) is 0 Å².